The summed E-state index contributed by atoms with van der Waals surface area (Å²) in [6.45, 7) is 8.47. The van der Waals surface area contributed by atoms with Crippen LogP contribution >= 0.6 is 0 Å². The Morgan fingerprint density at radius 1 is 1.50 bits per heavy atom. The third-order valence-electron chi connectivity index (χ3n) is 2.33. The number of nitrogens with one attached hydrogen (secondary N) is 1. The number of rotatable bonds is 2. The summed E-state index contributed by atoms with van der Waals surface area (Å²) in [4.78, 5) is 0. The highest BCUT2D eigenvalue weighted by Gasteiger charge is 2.19. The molecular weight excluding hydrogens is 168 g/mol. The molecule has 0 saturated carbocycles. The molecule has 0 aliphatic carbocycles. The Labute approximate surface area is 78.6 Å². The molecule has 12 heavy (non-hydrogen) atoms. The Morgan fingerprint density at radius 2 is 1.83 bits per heavy atom. The predicted molar refractivity (Wildman–Crippen MR) is 56.2 cm³/mol. The highest BCUT2D eigenvalue weighted by atomic mass is 28.2. The lowest BCUT2D eigenvalue weighted by molar-refractivity contribution is 0.0984. The summed E-state index contributed by atoms with van der Waals surface area (Å²) in [6.07, 6.45) is 1.39. The molecule has 0 spiro atoms. The molecule has 1 unspecified atom stereocenters. The molecule has 0 amide bonds. The number of hydrogen-bond acceptors (Lipinski definition) is 3. The highest BCUT2D eigenvalue weighted by Crippen LogP contribution is 2.09. The van der Waals surface area contributed by atoms with Crippen LogP contribution in [0, 0.1) is 0 Å². The van der Waals surface area contributed by atoms with E-state index in [0.29, 0.717) is 0 Å². The third-order valence-corrected chi connectivity index (χ3v) is 3.38. The van der Waals surface area contributed by atoms with Crippen molar-refractivity contribution < 1.29 is 4.43 Å². The predicted octanol–water partition coefficient (Wildman–Crippen LogP) is -0.611. The van der Waals surface area contributed by atoms with E-state index in [4.69, 9.17) is 10.2 Å². The summed E-state index contributed by atoms with van der Waals surface area (Å²) in [6, 6.07) is 0.125. The van der Waals surface area contributed by atoms with Gasteiger partial charge in [-0.3, -0.25) is 0 Å². The minimum absolute atomic E-state index is 0.119. The lowest BCUT2D eigenvalue weighted by Crippen LogP contribution is -2.42. The molecule has 1 rings (SSSR count). The van der Waals surface area contributed by atoms with Crippen LogP contribution in [0.15, 0.2) is 0 Å². The maximum Gasteiger partial charge on any atom is 0.146 e. The van der Waals surface area contributed by atoms with Gasteiger partial charge in [-0.2, -0.15) is 0 Å². The minimum atomic E-state index is -0.119. The zero-order valence-electron chi connectivity index (χ0n) is 8.68. The zero-order chi connectivity index (χ0) is 9.61. The molecule has 0 aromatic carbocycles. The molecular formula is C8H22N2OSi. The molecule has 1 heterocycles. The standard InChI is InChI=1S/C5H15NOSi.C3H7N/c1-4(6)5(2,3)7-8;1-2-4-3-1/h4H,6H2,1-3,8H3;4H,1-3H2. The van der Waals surface area contributed by atoms with Gasteiger partial charge >= 0.3 is 0 Å². The molecule has 0 aromatic heterocycles. The zero-order valence-corrected chi connectivity index (χ0v) is 10.7. The lowest BCUT2D eigenvalue weighted by atomic mass is 10.0. The van der Waals surface area contributed by atoms with Crippen LogP contribution in [0.5, 0.6) is 0 Å². The van der Waals surface area contributed by atoms with Gasteiger partial charge in [0.1, 0.15) is 10.5 Å². The van der Waals surface area contributed by atoms with Gasteiger partial charge in [0.15, 0.2) is 0 Å². The molecule has 0 bridgehead atoms. The summed E-state index contributed by atoms with van der Waals surface area (Å²) in [7, 11) is 0.765. The molecule has 3 nitrogen and oxygen atoms in total. The van der Waals surface area contributed by atoms with Gasteiger partial charge in [0.05, 0.1) is 5.60 Å². The smallest absolute Gasteiger partial charge is 0.146 e. The molecule has 1 aliphatic rings. The Morgan fingerprint density at radius 3 is 1.83 bits per heavy atom. The fourth-order valence-corrected chi connectivity index (χ4v) is 0.734. The first-order valence-corrected chi connectivity index (χ1v) is 5.34. The molecule has 0 radical (unpaired) electrons. The van der Waals surface area contributed by atoms with Crippen LogP contribution < -0.4 is 11.1 Å². The van der Waals surface area contributed by atoms with Gasteiger partial charge < -0.3 is 15.5 Å². The minimum Gasteiger partial charge on any atom is -0.421 e. The van der Waals surface area contributed by atoms with Crippen molar-refractivity contribution in [2.45, 2.75) is 38.8 Å². The Kier molecular flexibility index (Phi) is 5.74. The average molecular weight is 190 g/mol. The fraction of sp³-hybridized carbons (Fsp3) is 1.00. The Balaban J connectivity index is 0.000000247. The lowest BCUT2D eigenvalue weighted by Gasteiger charge is -2.27. The SMILES string of the molecule is C1CNC1.CC(N)C(C)(C)O[SiH3]. The summed E-state index contributed by atoms with van der Waals surface area (Å²) >= 11 is 0. The van der Waals surface area contributed by atoms with Gasteiger partial charge in [-0.15, -0.1) is 0 Å². The second-order valence-electron chi connectivity index (χ2n) is 3.70. The topological polar surface area (TPSA) is 47.3 Å². The summed E-state index contributed by atoms with van der Waals surface area (Å²) in [5.74, 6) is 0. The van der Waals surface area contributed by atoms with Crippen LogP contribution in [0.2, 0.25) is 0 Å². The van der Waals surface area contributed by atoms with E-state index in [2.05, 4.69) is 5.32 Å². The largest absolute Gasteiger partial charge is 0.421 e. The van der Waals surface area contributed by atoms with Crippen molar-refractivity contribution in [1.29, 1.82) is 0 Å². The van der Waals surface area contributed by atoms with Crippen molar-refractivity contribution >= 4 is 10.5 Å². The third kappa shape index (κ3) is 4.87. The summed E-state index contributed by atoms with van der Waals surface area (Å²) in [5, 5.41) is 3.11. The van der Waals surface area contributed by atoms with E-state index in [9.17, 15) is 0 Å². The van der Waals surface area contributed by atoms with Crippen molar-refractivity contribution in [3.8, 4) is 0 Å². The molecule has 0 aromatic rings. The number of nitrogens with two attached hydrogens (primary N) is 1. The van der Waals surface area contributed by atoms with Crippen molar-refractivity contribution in [3.05, 3.63) is 0 Å². The normalized spacial score (nSPS) is 19.0. The van der Waals surface area contributed by atoms with E-state index >= 15 is 0 Å². The van der Waals surface area contributed by atoms with Gasteiger partial charge in [-0.1, -0.05) is 0 Å². The average Bonchev–Trinajstić information content (AvgIpc) is 1.83. The van der Waals surface area contributed by atoms with E-state index in [1.807, 2.05) is 20.8 Å². The van der Waals surface area contributed by atoms with Crippen molar-refractivity contribution in [3.63, 3.8) is 0 Å². The van der Waals surface area contributed by atoms with Crippen molar-refractivity contribution in [1.82, 2.24) is 5.32 Å². The van der Waals surface area contributed by atoms with Gasteiger partial charge in [0.2, 0.25) is 0 Å². The van der Waals surface area contributed by atoms with E-state index in [0.717, 1.165) is 10.5 Å². The van der Waals surface area contributed by atoms with E-state index < -0.39 is 0 Å². The quantitative estimate of drug-likeness (QED) is 0.571. The van der Waals surface area contributed by atoms with Gasteiger partial charge in [-0.25, -0.2) is 0 Å². The van der Waals surface area contributed by atoms with Crippen LogP contribution in [0.25, 0.3) is 0 Å². The van der Waals surface area contributed by atoms with E-state index in [-0.39, 0.29) is 11.6 Å². The monoisotopic (exact) mass is 190 g/mol. The first-order chi connectivity index (χ1) is 5.50. The fourth-order valence-electron chi connectivity index (χ4n) is 0.363. The Bertz CT molecular complexity index is 110. The van der Waals surface area contributed by atoms with Crippen LogP contribution in [-0.4, -0.2) is 35.2 Å². The Hall–Kier alpha value is 0.0969. The van der Waals surface area contributed by atoms with Crippen LogP contribution in [0.3, 0.4) is 0 Å². The van der Waals surface area contributed by atoms with Crippen LogP contribution in [0.4, 0.5) is 0 Å². The van der Waals surface area contributed by atoms with Crippen LogP contribution in [-0.2, 0) is 4.43 Å². The van der Waals surface area contributed by atoms with Gasteiger partial charge in [0.25, 0.3) is 0 Å². The van der Waals surface area contributed by atoms with Crippen molar-refractivity contribution in [2.75, 3.05) is 13.1 Å². The first kappa shape index (κ1) is 12.1. The maximum atomic E-state index is 5.58. The summed E-state index contributed by atoms with van der Waals surface area (Å²) < 4.78 is 5.21. The van der Waals surface area contributed by atoms with E-state index in [1.165, 1.54) is 19.5 Å². The first-order valence-electron chi connectivity index (χ1n) is 4.52. The highest BCUT2D eigenvalue weighted by molar-refractivity contribution is 5.98. The summed E-state index contributed by atoms with van der Waals surface area (Å²) in [5.41, 5.74) is 5.46. The molecule has 3 N–H and O–H groups in total. The van der Waals surface area contributed by atoms with Crippen LogP contribution in [0.1, 0.15) is 27.2 Å². The molecule has 74 valence electrons. The van der Waals surface area contributed by atoms with Crippen molar-refractivity contribution in [2.24, 2.45) is 5.73 Å². The molecule has 1 aliphatic heterocycles. The second kappa shape index (κ2) is 5.69. The molecule has 1 fully saturated rings. The molecule has 4 heteroatoms. The number of hydrogen-bond donors (Lipinski definition) is 2. The molecule has 1 atom stereocenters. The van der Waals surface area contributed by atoms with Gasteiger partial charge in [0, 0.05) is 6.04 Å². The van der Waals surface area contributed by atoms with E-state index in [1.54, 1.807) is 0 Å². The molecule has 1 saturated heterocycles. The van der Waals surface area contributed by atoms with Gasteiger partial charge in [-0.05, 0) is 40.3 Å². The maximum absolute atomic E-state index is 5.58. The second-order valence-corrected chi connectivity index (χ2v) is 4.11.